The van der Waals surface area contributed by atoms with E-state index in [2.05, 4.69) is 4.98 Å². The number of rotatable bonds is 4. The van der Waals surface area contributed by atoms with Crippen molar-refractivity contribution in [3.63, 3.8) is 0 Å². The Bertz CT molecular complexity index is 1000. The fourth-order valence-corrected chi connectivity index (χ4v) is 5.51. The number of hydrogen-bond acceptors (Lipinski definition) is 5. The quantitative estimate of drug-likeness (QED) is 0.728. The van der Waals surface area contributed by atoms with E-state index < -0.39 is 0 Å². The molecule has 2 fully saturated rings. The molecule has 4 heterocycles. The summed E-state index contributed by atoms with van der Waals surface area (Å²) in [5.41, 5.74) is 2.67. The molecule has 0 N–H and O–H groups in total. The van der Waals surface area contributed by atoms with Gasteiger partial charge in [-0.15, -0.1) is 0 Å². The van der Waals surface area contributed by atoms with Crippen LogP contribution in [0.1, 0.15) is 84.8 Å². The molecule has 0 radical (unpaired) electrons. The Labute approximate surface area is 189 Å². The fourth-order valence-electron chi connectivity index (χ4n) is 5.51. The van der Waals surface area contributed by atoms with Crippen molar-refractivity contribution in [2.45, 2.75) is 70.8 Å². The van der Waals surface area contributed by atoms with Crippen LogP contribution in [-0.4, -0.2) is 44.8 Å². The maximum Gasteiger partial charge on any atom is 0.254 e. The van der Waals surface area contributed by atoms with Gasteiger partial charge in [0.2, 0.25) is 5.91 Å². The Morgan fingerprint density at radius 1 is 1.03 bits per heavy atom. The second-order valence-corrected chi connectivity index (χ2v) is 9.37. The van der Waals surface area contributed by atoms with Crippen LogP contribution in [0, 0.1) is 12.8 Å². The highest BCUT2D eigenvalue weighted by molar-refractivity contribution is 5.96. The van der Waals surface area contributed by atoms with E-state index in [1.54, 1.807) is 24.5 Å². The van der Waals surface area contributed by atoms with E-state index in [1.165, 1.54) is 32.1 Å². The number of fused-ring (bicyclic) bond motifs is 1. The van der Waals surface area contributed by atoms with Crippen molar-refractivity contribution >= 4 is 17.6 Å². The van der Waals surface area contributed by atoms with Gasteiger partial charge in [-0.25, -0.2) is 9.97 Å². The van der Waals surface area contributed by atoms with Gasteiger partial charge in [0.15, 0.2) is 5.82 Å². The molecule has 32 heavy (non-hydrogen) atoms. The molecule has 7 nitrogen and oxygen atoms in total. The van der Waals surface area contributed by atoms with Crippen molar-refractivity contribution in [2.24, 2.45) is 5.92 Å². The van der Waals surface area contributed by atoms with Gasteiger partial charge in [-0.3, -0.25) is 19.5 Å². The van der Waals surface area contributed by atoms with E-state index in [9.17, 15) is 9.59 Å². The third-order valence-electron chi connectivity index (χ3n) is 7.26. The molecule has 168 valence electrons. The summed E-state index contributed by atoms with van der Waals surface area (Å²) < 4.78 is 0. The van der Waals surface area contributed by atoms with Crippen molar-refractivity contribution in [1.29, 1.82) is 0 Å². The molecular weight excluding hydrogens is 402 g/mol. The highest BCUT2D eigenvalue weighted by Crippen LogP contribution is 2.36. The van der Waals surface area contributed by atoms with Gasteiger partial charge >= 0.3 is 0 Å². The van der Waals surface area contributed by atoms with E-state index in [4.69, 9.17) is 9.97 Å². The molecule has 1 saturated heterocycles. The molecule has 0 aromatic carbocycles. The summed E-state index contributed by atoms with van der Waals surface area (Å²) in [6.45, 7) is 3.46. The van der Waals surface area contributed by atoms with Crippen LogP contribution < -0.4 is 4.90 Å². The zero-order valence-electron chi connectivity index (χ0n) is 18.8. The number of nitrogens with zero attached hydrogens (tertiary/aromatic N) is 5. The van der Waals surface area contributed by atoms with Gasteiger partial charge in [0.05, 0.1) is 6.04 Å². The molecule has 0 unspecified atom stereocenters. The second kappa shape index (κ2) is 8.96. The lowest BCUT2D eigenvalue weighted by molar-refractivity contribution is -0.119. The van der Waals surface area contributed by atoms with E-state index in [0.29, 0.717) is 36.7 Å². The first-order chi connectivity index (χ1) is 15.6. The SMILES string of the molecule is Cc1nc([C@H]2CCCN2C(=O)c2ccncc2)nc2c1CCC(=O)N2CC1CCCCC1. The lowest BCUT2D eigenvalue weighted by Gasteiger charge is -2.34. The number of anilines is 1. The Hall–Kier alpha value is -2.83. The topological polar surface area (TPSA) is 79.3 Å². The molecule has 1 saturated carbocycles. The van der Waals surface area contributed by atoms with Gasteiger partial charge in [-0.1, -0.05) is 19.3 Å². The number of amides is 2. The molecule has 2 aromatic rings. The third-order valence-corrected chi connectivity index (χ3v) is 7.26. The normalized spacial score (nSPS) is 21.7. The molecule has 5 rings (SSSR count). The van der Waals surface area contributed by atoms with Crippen LogP contribution in [0.2, 0.25) is 0 Å². The smallest absolute Gasteiger partial charge is 0.254 e. The average Bonchev–Trinajstić information content (AvgIpc) is 3.31. The minimum Gasteiger partial charge on any atom is -0.328 e. The summed E-state index contributed by atoms with van der Waals surface area (Å²) in [5, 5.41) is 0. The van der Waals surface area contributed by atoms with Gasteiger partial charge in [0.25, 0.3) is 5.91 Å². The summed E-state index contributed by atoms with van der Waals surface area (Å²) in [5.74, 6) is 2.17. The first-order valence-corrected chi connectivity index (χ1v) is 12.0. The average molecular weight is 434 g/mol. The molecule has 2 amide bonds. The largest absolute Gasteiger partial charge is 0.328 e. The molecule has 3 aliphatic rings. The zero-order valence-corrected chi connectivity index (χ0v) is 18.8. The summed E-state index contributed by atoms with van der Waals surface area (Å²) in [6, 6.07) is 3.34. The molecule has 0 spiro atoms. The Kier molecular flexibility index (Phi) is 5.89. The summed E-state index contributed by atoms with van der Waals surface area (Å²) in [7, 11) is 0. The number of likely N-dealkylation sites (tertiary alicyclic amines) is 1. The first kappa shape index (κ1) is 21.0. The predicted molar refractivity (Wildman–Crippen MR) is 121 cm³/mol. The first-order valence-electron chi connectivity index (χ1n) is 12.0. The van der Waals surface area contributed by atoms with Crippen molar-refractivity contribution in [2.75, 3.05) is 18.0 Å². The van der Waals surface area contributed by atoms with Gasteiger partial charge in [0.1, 0.15) is 5.82 Å². The van der Waals surface area contributed by atoms with Crippen molar-refractivity contribution in [1.82, 2.24) is 19.9 Å². The predicted octanol–water partition coefficient (Wildman–Crippen LogP) is 4.02. The molecule has 1 aliphatic carbocycles. The maximum atomic E-state index is 13.2. The Morgan fingerprint density at radius 3 is 2.59 bits per heavy atom. The Morgan fingerprint density at radius 2 is 1.81 bits per heavy atom. The molecule has 1 atom stereocenters. The fraction of sp³-hybridized carbons (Fsp3) is 0.560. The number of aromatic nitrogens is 3. The van der Waals surface area contributed by atoms with Gasteiger partial charge < -0.3 is 4.90 Å². The highest BCUT2D eigenvalue weighted by Gasteiger charge is 2.36. The standard InChI is InChI=1S/C25H31N5O2/c1-17-20-9-10-22(31)30(16-18-6-3-2-4-7-18)24(20)28-23(27-17)21-8-5-15-29(21)25(32)19-11-13-26-14-12-19/h11-14,18,21H,2-10,15-16H2,1H3/t21-/m1/s1. The lowest BCUT2D eigenvalue weighted by atomic mass is 9.88. The van der Waals surface area contributed by atoms with Gasteiger partial charge in [-0.05, 0) is 57.1 Å². The lowest BCUT2D eigenvalue weighted by Crippen LogP contribution is -2.41. The van der Waals surface area contributed by atoms with E-state index in [0.717, 1.165) is 36.5 Å². The second-order valence-electron chi connectivity index (χ2n) is 9.37. The highest BCUT2D eigenvalue weighted by atomic mass is 16.2. The minimum absolute atomic E-state index is 0.0102. The molecule has 2 aliphatic heterocycles. The number of hydrogen-bond donors (Lipinski definition) is 0. The van der Waals surface area contributed by atoms with Crippen molar-refractivity contribution in [3.05, 3.63) is 47.2 Å². The minimum atomic E-state index is -0.159. The van der Waals surface area contributed by atoms with Crippen LogP contribution in [-0.2, 0) is 11.2 Å². The van der Waals surface area contributed by atoms with Gasteiger partial charge in [-0.2, -0.15) is 0 Å². The summed E-state index contributed by atoms with van der Waals surface area (Å²) in [4.78, 5) is 43.7. The van der Waals surface area contributed by atoms with Crippen LogP contribution in [0.5, 0.6) is 0 Å². The van der Waals surface area contributed by atoms with Crippen LogP contribution in [0.4, 0.5) is 5.82 Å². The van der Waals surface area contributed by atoms with E-state index >= 15 is 0 Å². The monoisotopic (exact) mass is 433 g/mol. The molecule has 0 bridgehead atoms. The molecule has 7 heteroatoms. The number of pyridine rings is 1. The maximum absolute atomic E-state index is 13.2. The van der Waals surface area contributed by atoms with E-state index in [1.807, 2.05) is 16.7 Å². The number of carbonyl (C=O) groups is 2. The Balaban J connectivity index is 1.46. The van der Waals surface area contributed by atoms with Crippen LogP contribution >= 0.6 is 0 Å². The van der Waals surface area contributed by atoms with Crippen molar-refractivity contribution in [3.8, 4) is 0 Å². The number of carbonyl (C=O) groups excluding carboxylic acids is 2. The third kappa shape index (κ3) is 4.00. The van der Waals surface area contributed by atoms with Crippen LogP contribution in [0.3, 0.4) is 0 Å². The molecule has 2 aromatic heterocycles. The zero-order chi connectivity index (χ0) is 22.1. The van der Waals surface area contributed by atoms with Crippen LogP contribution in [0.25, 0.3) is 0 Å². The van der Waals surface area contributed by atoms with Gasteiger partial charge in [0, 0.05) is 48.7 Å². The molecular formula is C25H31N5O2. The van der Waals surface area contributed by atoms with Crippen molar-refractivity contribution < 1.29 is 9.59 Å². The van der Waals surface area contributed by atoms with Crippen LogP contribution in [0.15, 0.2) is 24.5 Å². The summed E-state index contributed by atoms with van der Waals surface area (Å²) >= 11 is 0. The van der Waals surface area contributed by atoms with E-state index in [-0.39, 0.29) is 17.9 Å². The summed E-state index contributed by atoms with van der Waals surface area (Å²) in [6.07, 6.45) is 12.5. The number of aryl methyl sites for hydroxylation is 1.